The van der Waals surface area contributed by atoms with Crippen molar-refractivity contribution in [3.63, 3.8) is 0 Å². The van der Waals surface area contributed by atoms with E-state index in [2.05, 4.69) is 0 Å². The van der Waals surface area contributed by atoms with Crippen molar-refractivity contribution in [1.29, 1.82) is 0 Å². The molecule has 56 valence electrons. The van der Waals surface area contributed by atoms with Crippen LogP contribution < -0.4 is 0 Å². The first-order valence-corrected chi connectivity index (χ1v) is 4.53. The van der Waals surface area contributed by atoms with Crippen LogP contribution in [0.25, 0.3) is 0 Å². The van der Waals surface area contributed by atoms with E-state index in [1.807, 2.05) is 19.9 Å². The third-order valence-corrected chi connectivity index (χ3v) is 2.26. The second-order valence-electron chi connectivity index (χ2n) is 2.03. The van der Waals surface area contributed by atoms with Gasteiger partial charge in [0.05, 0.1) is 5.76 Å². The van der Waals surface area contributed by atoms with E-state index in [0.717, 1.165) is 5.76 Å². The molecule has 0 radical (unpaired) electrons. The predicted molar refractivity (Wildman–Crippen MR) is 38.5 cm³/mol. The van der Waals surface area contributed by atoms with Gasteiger partial charge < -0.3 is 12.3 Å². The zero-order chi connectivity index (χ0) is 7.40. The van der Waals surface area contributed by atoms with Crippen molar-refractivity contribution in [2.45, 2.75) is 20.1 Å². The molecule has 1 heterocycles. The standard InChI is InChI=1S/C6H11O3.Al.H/c1-3-9-6(8)4-5(2)7;;/h4,6-7H,3H2,1-2H3;;/q-1;+2;/p-1. The first kappa shape index (κ1) is 8.09. The Hall–Kier alpha value is -0.00753. The summed E-state index contributed by atoms with van der Waals surface area (Å²) in [5, 5.41) is 0. The van der Waals surface area contributed by atoms with E-state index in [-0.39, 0.29) is 6.29 Å². The molecule has 1 aliphatic rings. The van der Waals surface area contributed by atoms with Crippen LogP contribution in [-0.4, -0.2) is 28.8 Å². The molecule has 1 rings (SSSR count). The van der Waals surface area contributed by atoms with E-state index in [4.69, 9.17) is 12.3 Å². The van der Waals surface area contributed by atoms with Crippen molar-refractivity contribution in [2.75, 3.05) is 6.61 Å². The minimum Gasteiger partial charge on any atom is -0.627 e. The third-order valence-electron chi connectivity index (χ3n) is 1.22. The maximum Gasteiger partial charge on any atom is 0.742 e. The lowest BCUT2D eigenvalue weighted by molar-refractivity contribution is -0.0568. The van der Waals surface area contributed by atoms with Crippen LogP contribution in [0.2, 0.25) is 0 Å². The van der Waals surface area contributed by atoms with Crippen molar-refractivity contribution >= 4 is 15.9 Å². The number of hydrogen-bond donors (Lipinski definition) is 0. The highest BCUT2D eigenvalue weighted by Gasteiger charge is 2.14. The molecule has 1 atom stereocenters. The lowest BCUT2D eigenvalue weighted by Crippen LogP contribution is -2.23. The summed E-state index contributed by atoms with van der Waals surface area (Å²) in [5.41, 5.74) is 0. The van der Waals surface area contributed by atoms with Gasteiger partial charge in [-0.05, 0) is 13.8 Å². The van der Waals surface area contributed by atoms with Crippen LogP contribution in [-0.2, 0) is 12.3 Å². The van der Waals surface area contributed by atoms with E-state index < -0.39 is 15.9 Å². The molecule has 4 heteroatoms. The minimum atomic E-state index is -0.800. The van der Waals surface area contributed by atoms with Gasteiger partial charge in [0.15, 0.2) is 6.29 Å². The van der Waals surface area contributed by atoms with Crippen LogP contribution in [0.5, 0.6) is 0 Å². The van der Waals surface area contributed by atoms with E-state index in [1.54, 1.807) is 0 Å². The molecule has 0 aromatic carbocycles. The summed E-state index contributed by atoms with van der Waals surface area (Å²) in [6, 6.07) is 0. The normalized spacial score (nSPS) is 24.6. The Balaban J connectivity index is 2.38. The fraction of sp³-hybridized carbons (Fsp3) is 0.667. The van der Waals surface area contributed by atoms with Crippen molar-refractivity contribution in [3.8, 4) is 0 Å². The smallest absolute Gasteiger partial charge is 0.627 e. The fourth-order valence-electron chi connectivity index (χ4n) is 0.742. The van der Waals surface area contributed by atoms with Crippen molar-refractivity contribution in [2.24, 2.45) is 0 Å². The SMILES string of the molecule is CCOC1C=C(C)[O][AlH][O]1. The molecule has 0 aromatic rings. The molecule has 0 N–H and O–H groups in total. The van der Waals surface area contributed by atoms with Crippen molar-refractivity contribution < 1.29 is 12.3 Å². The van der Waals surface area contributed by atoms with E-state index in [0.29, 0.717) is 6.61 Å². The van der Waals surface area contributed by atoms with Crippen LogP contribution >= 0.6 is 0 Å². The monoisotopic (exact) mass is 158 g/mol. The molecule has 3 nitrogen and oxygen atoms in total. The molecule has 0 saturated heterocycles. The molecule has 0 bridgehead atoms. The Morgan fingerprint density at radius 2 is 2.60 bits per heavy atom. The summed E-state index contributed by atoms with van der Waals surface area (Å²) in [5.74, 6) is 0.927. The maximum absolute atomic E-state index is 5.21. The number of allylic oxidation sites excluding steroid dienone is 1. The summed E-state index contributed by atoms with van der Waals surface area (Å²) in [6.07, 6.45) is 1.70. The summed E-state index contributed by atoms with van der Waals surface area (Å²) < 4.78 is 15.6. The third kappa shape index (κ3) is 2.32. The molecule has 0 aliphatic carbocycles. The van der Waals surface area contributed by atoms with Gasteiger partial charge in [-0.15, -0.1) is 0 Å². The van der Waals surface area contributed by atoms with Gasteiger partial charge in [0.25, 0.3) is 0 Å². The van der Waals surface area contributed by atoms with Crippen molar-refractivity contribution in [3.05, 3.63) is 11.8 Å². The zero-order valence-corrected chi connectivity index (χ0v) is 7.71. The number of ether oxygens (including phenoxy) is 1. The average molecular weight is 158 g/mol. The summed E-state index contributed by atoms with van der Waals surface area (Å²) in [4.78, 5) is 0. The van der Waals surface area contributed by atoms with Crippen LogP contribution in [0.4, 0.5) is 0 Å². The quantitative estimate of drug-likeness (QED) is 0.550. The summed E-state index contributed by atoms with van der Waals surface area (Å²) in [7, 11) is 0. The van der Waals surface area contributed by atoms with Crippen LogP contribution in [0, 0.1) is 0 Å². The summed E-state index contributed by atoms with van der Waals surface area (Å²) in [6.45, 7) is 4.55. The van der Waals surface area contributed by atoms with E-state index >= 15 is 0 Å². The Morgan fingerprint density at radius 1 is 1.80 bits per heavy atom. The lowest BCUT2D eigenvalue weighted by Gasteiger charge is -2.20. The Labute approximate surface area is 67.3 Å². The molecular weight excluding hydrogens is 147 g/mol. The van der Waals surface area contributed by atoms with Crippen LogP contribution in [0.3, 0.4) is 0 Å². The number of rotatable bonds is 2. The zero-order valence-electron chi connectivity index (χ0n) is 6.29. The van der Waals surface area contributed by atoms with Crippen molar-refractivity contribution in [1.82, 2.24) is 0 Å². The topological polar surface area (TPSA) is 27.7 Å². The van der Waals surface area contributed by atoms with Crippen LogP contribution in [0.15, 0.2) is 11.8 Å². The highest BCUT2D eigenvalue weighted by molar-refractivity contribution is 6.18. The van der Waals surface area contributed by atoms with Gasteiger partial charge in [0.2, 0.25) is 0 Å². The van der Waals surface area contributed by atoms with Gasteiger partial charge >= 0.3 is 15.9 Å². The van der Waals surface area contributed by atoms with E-state index in [1.165, 1.54) is 0 Å². The first-order valence-electron chi connectivity index (χ1n) is 3.37. The maximum atomic E-state index is 5.21. The molecule has 0 amide bonds. The Kier molecular flexibility index (Phi) is 3.23. The molecular formula is C6H11AlO3. The largest absolute Gasteiger partial charge is 0.742 e. The Morgan fingerprint density at radius 3 is 3.20 bits per heavy atom. The molecule has 1 aliphatic heterocycles. The fourth-order valence-corrected chi connectivity index (χ4v) is 1.42. The average Bonchev–Trinajstić information content (AvgIpc) is 1.88. The van der Waals surface area contributed by atoms with Gasteiger partial charge in [-0.3, -0.25) is 0 Å². The van der Waals surface area contributed by atoms with Gasteiger partial charge in [0, 0.05) is 12.7 Å². The van der Waals surface area contributed by atoms with Gasteiger partial charge in [-0.25, -0.2) is 0 Å². The molecule has 0 aromatic heterocycles. The molecule has 0 spiro atoms. The summed E-state index contributed by atoms with van der Waals surface area (Å²) >= 11 is -0.800. The molecule has 0 saturated carbocycles. The second-order valence-corrected chi connectivity index (χ2v) is 2.89. The van der Waals surface area contributed by atoms with Gasteiger partial charge in [-0.1, -0.05) is 0 Å². The number of hydrogen-bond acceptors (Lipinski definition) is 3. The lowest BCUT2D eigenvalue weighted by atomic mass is 10.5. The van der Waals surface area contributed by atoms with E-state index in [9.17, 15) is 0 Å². The second kappa shape index (κ2) is 3.99. The van der Waals surface area contributed by atoms with Gasteiger partial charge in [-0.2, -0.15) is 0 Å². The molecule has 0 fully saturated rings. The predicted octanol–water partition coefficient (Wildman–Crippen LogP) is 0.566. The highest BCUT2D eigenvalue weighted by Crippen LogP contribution is 2.08. The van der Waals surface area contributed by atoms with Gasteiger partial charge in [0.1, 0.15) is 0 Å². The Bertz CT molecular complexity index is 135. The highest BCUT2D eigenvalue weighted by atomic mass is 27.2. The van der Waals surface area contributed by atoms with Crippen LogP contribution in [0.1, 0.15) is 13.8 Å². The minimum absolute atomic E-state index is 0.148. The molecule has 10 heavy (non-hydrogen) atoms. The molecule has 1 unspecified atom stereocenters. The first-order chi connectivity index (χ1) is 4.83.